The molecule has 9 heteroatoms. The number of methoxy groups -OCH3 is 1. The van der Waals surface area contributed by atoms with Crippen LogP contribution in [0.5, 0.6) is 23.0 Å². The zero-order valence-electron chi connectivity index (χ0n) is 16.0. The van der Waals surface area contributed by atoms with Gasteiger partial charge >= 0.3 is 5.97 Å². The Balaban J connectivity index is 1.99. The first-order valence-electron chi connectivity index (χ1n) is 8.97. The van der Waals surface area contributed by atoms with Crippen LogP contribution in [0.25, 0.3) is 16.8 Å². The van der Waals surface area contributed by atoms with Crippen LogP contribution in [0.3, 0.4) is 0 Å². The van der Waals surface area contributed by atoms with E-state index in [-0.39, 0.29) is 28.8 Å². The summed E-state index contributed by atoms with van der Waals surface area (Å²) in [4.78, 5) is 16.1. The molecule has 0 spiro atoms. The number of aromatic nitrogens is 1. The summed E-state index contributed by atoms with van der Waals surface area (Å²) in [6.07, 6.45) is 3.20. The quantitative estimate of drug-likeness (QED) is 0.504. The second-order valence-corrected chi connectivity index (χ2v) is 6.74. The second-order valence-electron chi connectivity index (χ2n) is 6.36. The lowest BCUT2D eigenvalue weighted by molar-refractivity contribution is -0.141. The van der Waals surface area contributed by atoms with E-state index in [1.54, 1.807) is 13.0 Å². The van der Waals surface area contributed by atoms with E-state index >= 15 is 0 Å². The largest absolute Gasteiger partial charge is 0.507 e. The van der Waals surface area contributed by atoms with Crippen molar-refractivity contribution in [1.82, 2.24) is 10.3 Å². The summed E-state index contributed by atoms with van der Waals surface area (Å²) in [5.41, 5.74) is 2.65. The third kappa shape index (κ3) is 4.32. The number of allylic oxidation sites excluding steroid dienone is 1. The van der Waals surface area contributed by atoms with Crippen LogP contribution in [-0.4, -0.2) is 46.5 Å². The van der Waals surface area contributed by atoms with Crippen molar-refractivity contribution < 1.29 is 29.6 Å². The molecule has 1 saturated carbocycles. The molecule has 1 aliphatic rings. The van der Waals surface area contributed by atoms with E-state index in [4.69, 9.17) is 21.1 Å². The van der Waals surface area contributed by atoms with Gasteiger partial charge in [-0.25, -0.2) is 0 Å². The van der Waals surface area contributed by atoms with E-state index in [9.17, 15) is 20.1 Å². The Morgan fingerprint density at radius 2 is 1.97 bits per heavy atom. The van der Waals surface area contributed by atoms with Gasteiger partial charge in [0.2, 0.25) is 0 Å². The van der Waals surface area contributed by atoms with Gasteiger partial charge in [0.15, 0.2) is 0 Å². The summed E-state index contributed by atoms with van der Waals surface area (Å²) < 4.78 is 10.4. The number of ether oxygens (including phenoxy) is 2. The number of halogens is 1. The molecular formula is C20H21ClN2O6. The van der Waals surface area contributed by atoms with Gasteiger partial charge in [0, 0.05) is 17.8 Å². The van der Waals surface area contributed by atoms with Crippen LogP contribution in [0.1, 0.15) is 25.5 Å². The lowest BCUT2D eigenvalue weighted by atomic mass is 10.0. The maximum atomic E-state index is 11.7. The molecule has 2 aromatic rings. The highest BCUT2D eigenvalue weighted by molar-refractivity contribution is 6.34. The number of esters is 1. The van der Waals surface area contributed by atoms with E-state index in [0.29, 0.717) is 29.3 Å². The third-order valence-corrected chi connectivity index (χ3v) is 4.74. The lowest BCUT2D eigenvalue weighted by Crippen LogP contribution is -2.24. The van der Waals surface area contributed by atoms with Gasteiger partial charge in [-0.1, -0.05) is 11.6 Å². The zero-order chi connectivity index (χ0) is 21.1. The van der Waals surface area contributed by atoms with Crippen molar-refractivity contribution in [2.24, 2.45) is 0 Å². The lowest BCUT2D eigenvalue weighted by Gasteiger charge is -2.16. The van der Waals surface area contributed by atoms with Crippen molar-refractivity contribution in [3.8, 4) is 34.1 Å². The first-order valence-corrected chi connectivity index (χ1v) is 9.34. The molecule has 1 aliphatic carbocycles. The molecule has 29 heavy (non-hydrogen) atoms. The Morgan fingerprint density at radius 3 is 2.59 bits per heavy atom. The number of nitrogens with one attached hydrogen (secondary N) is 1. The van der Waals surface area contributed by atoms with Crippen molar-refractivity contribution in [2.45, 2.75) is 19.8 Å². The number of benzene rings is 1. The smallest absolute Gasteiger partial charge is 0.325 e. The minimum Gasteiger partial charge on any atom is -0.507 e. The topological polar surface area (TPSA) is 121 Å². The molecular weight excluding hydrogens is 400 g/mol. The summed E-state index contributed by atoms with van der Waals surface area (Å²) in [6.45, 7) is 2.03. The normalized spacial score (nSPS) is 12.4. The molecule has 0 amide bonds. The molecule has 0 unspecified atom stereocenters. The highest BCUT2D eigenvalue weighted by atomic mass is 35.5. The van der Waals surface area contributed by atoms with Gasteiger partial charge in [-0.15, -0.1) is 0 Å². The van der Waals surface area contributed by atoms with Gasteiger partial charge in [0.05, 0.1) is 25.0 Å². The second kappa shape index (κ2) is 8.48. The monoisotopic (exact) mass is 420 g/mol. The van der Waals surface area contributed by atoms with Crippen LogP contribution in [-0.2, 0) is 9.53 Å². The molecule has 1 aromatic heterocycles. The highest BCUT2D eigenvalue weighted by Crippen LogP contribution is 2.47. The Bertz CT molecular complexity index is 983. The van der Waals surface area contributed by atoms with Gasteiger partial charge in [-0.3, -0.25) is 9.78 Å². The summed E-state index contributed by atoms with van der Waals surface area (Å²) in [5, 5.41) is 32.8. The minimum absolute atomic E-state index is 0.00555. The number of rotatable bonds is 7. The fourth-order valence-electron chi connectivity index (χ4n) is 2.89. The van der Waals surface area contributed by atoms with Gasteiger partial charge in [-0.2, -0.15) is 0 Å². The SMILES string of the molecule is CCOC(=O)CNC(=C1CC1)c1ncc(-c2c(O)cc(O)c(Cl)c2O)cc1OC. The fourth-order valence-corrected chi connectivity index (χ4v) is 3.04. The minimum atomic E-state index is -0.470. The van der Waals surface area contributed by atoms with Crippen molar-refractivity contribution in [3.63, 3.8) is 0 Å². The number of hydrogen-bond donors (Lipinski definition) is 4. The summed E-state index contributed by atoms with van der Waals surface area (Å²) >= 11 is 5.88. The molecule has 0 atom stereocenters. The maximum absolute atomic E-state index is 11.7. The number of hydrogen-bond acceptors (Lipinski definition) is 8. The van der Waals surface area contributed by atoms with Crippen molar-refractivity contribution in [2.75, 3.05) is 20.3 Å². The summed E-state index contributed by atoms with van der Waals surface area (Å²) in [6, 6.07) is 2.62. The number of carbonyl (C=O) groups is 1. The summed E-state index contributed by atoms with van der Waals surface area (Å²) in [7, 11) is 1.47. The molecule has 0 bridgehead atoms. The number of aromatic hydroxyl groups is 3. The Kier molecular flexibility index (Phi) is 6.03. The van der Waals surface area contributed by atoms with Crippen LogP contribution in [0.4, 0.5) is 0 Å². The van der Waals surface area contributed by atoms with Crippen LogP contribution < -0.4 is 10.1 Å². The molecule has 1 aromatic carbocycles. The van der Waals surface area contributed by atoms with Crippen LogP contribution in [0, 0.1) is 0 Å². The van der Waals surface area contributed by atoms with E-state index in [1.807, 2.05) is 0 Å². The number of phenolic OH excluding ortho intramolecular Hbond substituents is 3. The third-order valence-electron chi connectivity index (χ3n) is 4.37. The van der Waals surface area contributed by atoms with Crippen LogP contribution in [0.2, 0.25) is 5.02 Å². The van der Waals surface area contributed by atoms with Crippen molar-refractivity contribution in [3.05, 3.63) is 34.6 Å². The standard InChI is InChI=1S/C20H21ClN2O6/c1-3-29-15(26)9-23-18(10-4-5-10)19-14(28-2)6-11(8-22-19)16-12(24)7-13(25)17(21)20(16)27/h6-8,23-25,27H,3-5,9H2,1-2H3. The first-order chi connectivity index (χ1) is 13.9. The molecule has 1 heterocycles. The van der Waals surface area contributed by atoms with Gasteiger partial charge in [0.1, 0.15) is 40.3 Å². The fraction of sp³-hybridized carbons (Fsp3) is 0.300. The average Bonchev–Trinajstić information content (AvgIpc) is 3.52. The molecule has 3 rings (SSSR count). The van der Waals surface area contributed by atoms with Gasteiger partial charge in [0.25, 0.3) is 0 Å². The van der Waals surface area contributed by atoms with E-state index < -0.39 is 11.5 Å². The molecule has 0 saturated heterocycles. The van der Waals surface area contributed by atoms with E-state index in [2.05, 4.69) is 10.3 Å². The molecule has 154 valence electrons. The first kappa shape index (κ1) is 20.6. The van der Waals surface area contributed by atoms with Crippen LogP contribution in [0.15, 0.2) is 23.9 Å². The number of carbonyl (C=O) groups excluding carboxylic acids is 1. The van der Waals surface area contributed by atoms with Crippen molar-refractivity contribution in [1.29, 1.82) is 0 Å². The maximum Gasteiger partial charge on any atom is 0.325 e. The highest BCUT2D eigenvalue weighted by Gasteiger charge is 2.25. The average molecular weight is 421 g/mol. The number of nitrogens with zero attached hydrogens (tertiary/aromatic N) is 1. The predicted molar refractivity (Wildman–Crippen MR) is 107 cm³/mol. The molecule has 0 radical (unpaired) electrons. The molecule has 8 nitrogen and oxygen atoms in total. The van der Waals surface area contributed by atoms with E-state index in [1.165, 1.54) is 13.3 Å². The number of pyridine rings is 1. The molecule has 1 fully saturated rings. The van der Waals surface area contributed by atoms with Crippen molar-refractivity contribution >= 4 is 23.3 Å². The van der Waals surface area contributed by atoms with Crippen LogP contribution >= 0.6 is 11.6 Å². The Hall–Kier alpha value is -3.13. The van der Waals surface area contributed by atoms with Gasteiger partial charge in [-0.05, 0) is 31.4 Å². The van der Waals surface area contributed by atoms with Gasteiger partial charge < -0.3 is 30.1 Å². The Morgan fingerprint density at radius 1 is 1.24 bits per heavy atom. The summed E-state index contributed by atoms with van der Waals surface area (Å²) in [5.74, 6) is -1.28. The molecule has 0 aliphatic heterocycles. The number of phenols is 3. The predicted octanol–water partition coefficient (Wildman–Crippen LogP) is 3.19. The Labute approximate surface area is 172 Å². The molecule has 4 N–H and O–H groups in total. The van der Waals surface area contributed by atoms with E-state index in [0.717, 1.165) is 24.5 Å². The zero-order valence-corrected chi connectivity index (χ0v) is 16.7.